The molecule has 98 valence electrons. The highest BCUT2D eigenvalue weighted by molar-refractivity contribution is 7.89. The number of nitrogens with two attached hydrogens (primary N) is 1. The maximum atomic E-state index is 12.1. The molecule has 0 aromatic heterocycles. The molecule has 1 aromatic carbocycles. The predicted molar refractivity (Wildman–Crippen MR) is 70.6 cm³/mol. The molecule has 18 heavy (non-hydrogen) atoms. The molecule has 0 saturated carbocycles. The van der Waals surface area contributed by atoms with Gasteiger partial charge in [0.15, 0.2) is 0 Å². The van der Waals surface area contributed by atoms with Gasteiger partial charge >= 0.3 is 0 Å². The maximum absolute atomic E-state index is 12.1. The van der Waals surface area contributed by atoms with E-state index < -0.39 is 16.1 Å². The highest BCUT2D eigenvalue weighted by Crippen LogP contribution is 2.23. The van der Waals surface area contributed by atoms with Gasteiger partial charge in [-0.25, -0.2) is 8.42 Å². The van der Waals surface area contributed by atoms with Gasteiger partial charge in [0.05, 0.1) is 18.8 Å². The Morgan fingerprint density at radius 2 is 2.22 bits per heavy atom. The lowest BCUT2D eigenvalue weighted by atomic mass is 10.3. The van der Waals surface area contributed by atoms with E-state index in [-0.39, 0.29) is 10.6 Å². The van der Waals surface area contributed by atoms with E-state index in [9.17, 15) is 8.42 Å². The summed E-state index contributed by atoms with van der Waals surface area (Å²) in [6.07, 6.45) is 5.73. The van der Waals surface area contributed by atoms with Crippen molar-refractivity contribution >= 4 is 15.7 Å². The zero-order chi connectivity index (χ0) is 13.8. The van der Waals surface area contributed by atoms with Crippen LogP contribution in [0.5, 0.6) is 5.75 Å². The molecule has 5 nitrogen and oxygen atoms in total. The van der Waals surface area contributed by atoms with Crippen molar-refractivity contribution in [3.8, 4) is 18.1 Å². The Kier molecular flexibility index (Phi) is 4.59. The van der Waals surface area contributed by atoms with Gasteiger partial charge in [-0.05, 0) is 18.6 Å². The van der Waals surface area contributed by atoms with Crippen LogP contribution in [0.1, 0.15) is 13.3 Å². The number of nitrogen functional groups attached to an aromatic ring is 1. The van der Waals surface area contributed by atoms with Crippen molar-refractivity contribution in [2.75, 3.05) is 12.8 Å². The number of terminal acetylenes is 1. The van der Waals surface area contributed by atoms with Crippen molar-refractivity contribution in [2.24, 2.45) is 0 Å². The lowest BCUT2D eigenvalue weighted by molar-refractivity contribution is 0.414. The van der Waals surface area contributed by atoms with Crippen molar-refractivity contribution in [3.05, 3.63) is 18.2 Å². The van der Waals surface area contributed by atoms with Gasteiger partial charge in [-0.2, -0.15) is 4.72 Å². The normalized spacial score (nSPS) is 12.7. The minimum Gasteiger partial charge on any atom is -0.497 e. The Hall–Kier alpha value is -1.71. The van der Waals surface area contributed by atoms with Crippen LogP contribution in [-0.4, -0.2) is 21.6 Å². The first-order chi connectivity index (χ1) is 8.44. The topological polar surface area (TPSA) is 81.4 Å². The van der Waals surface area contributed by atoms with Gasteiger partial charge in [-0.1, -0.05) is 12.8 Å². The average Bonchev–Trinajstić information content (AvgIpc) is 2.35. The monoisotopic (exact) mass is 268 g/mol. The molecular weight excluding hydrogens is 252 g/mol. The van der Waals surface area contributed by atoms with E-state index in [2.05, 4.69) is 10.6 Å². The third kappa shape index (κ3) is 3.15. The average molecular weight is 268 g/mol. The van der Waals surface area contributed by atoms with Crippen LogP contribution in [0.3, 0.4) is 0 Å². The minimum absolute atomic E-state index is 0.00278. The summed E-state index contributed by atoms with van der Waals surface area (Å²) in [5.41, 5.74) is 5.81. The summed E-state index contributed by atoms with van der Waals surface area (Å²) < 4.78 is 31.5. The summed E-state index contributed by atoms with van der Waals surface area (Å²) in [4.78, 5) is -0.00278. The molecule has 0 bridgehead atoms. The first-order valence-electron chi connectivity index (χ1n) is 5.36. The van der Waals surface area contributed by atoms with Crippen molar-refractivity contribution in [1.82, 2.24) is 4.72 Å². The molecule has 0 amide bonds. The molecule has 1 atom stereocenters. The molecule has 0 radical (unpaired) electrons. The van der Waals surface area contributed by atoms with Gasteiger partial charge in [0.2, 0.25) is 10.0 Å². The van der Waals surface area contributed by atoms with Crippen LogP contribution in [0.15, 0.2) is 23.1 Å². The molecule has 0 heterocycles. The Balaban J connectivity index is 3.10. The molecule has 6 heteroatoms. The van der Waals surface area contributed by atoms with Crippen LogP contribution in [0.25, 0.3) is 0 Å². The van der Waals surface area contributed by atoms with E-state index in [1.54, 1.807) is 6.92 Å². The number of anilines is 1. The van der Waals surface area contributed by atoms with Crippen LogP contribution < -0.4 is 15.2 Å². The van der Waals surface area contributed by atoms with Crippen molar-refractivity contribution in [1.29, 1.82) is 0 Å². The third-order valence-electron chi connectivity index (χ3n) is 2.41. The smallest absolute Gasteiger partial charge is 0.243 e. The summed E-state index contributed by atoms with van der Waals surface area (Å²) in [6, 6.07) is 3.82. The van der Waals surface area contributed by atoms with E-state index in [0.717, 1.165) is 0 Å². The summed E-state index contributed by atoms with van der Waals surface area (Å²) in [7, 11) is -2.23. The summed E-state index contributed by atoms with van der Waals surface area (Å²) in [5, 5.41) is 0. The van der Waals surface area contributed by atoms with Crippen LogP contribution in [0, 0.1) is 12.3 Å². The number of rotatable bonds is 5. The van der Waals surface area contributed by atoms with Crippen LogP contribution in [-0.2, 0) is 10.0 Å². The molecule has 1 aromatic rings. The van der Waals surface area contributed by atoms with E-state index in [4.69, 9.17) is 16.9 Å². The standard InChI is InChI=1S/C12H16N2O3S/c1-4-9(5-2)14-18(15,16)12-7-6-10(17-3)8-11(12)13/h1,6-9,14H,5,13H2,2-3H3. The highest BCUT2D eigenvalue weighted by Gasteiger charge is 2.20. The van der Waals surface area contributed by atoms with Gasteiger partial charge in [0.25, 0.3) is 0 Å². The molecule has 1 unspecified atom stereocenters. The molecular formula is C12H16N2O3S. The SMILES string of the molecule is C#CC(CC)NS(=O)(=O)c1ccc(OC)cc1N. The number of benzene rings is 1. The van der Waals surface area contributed by atoms with Crippen molar-refractivity contribution < 1.29 is 13.2 Å². The molecule has 0 aliphatic heterocycles. The highest BCUT2D eigenvalue weighted by atomic mass is 32.2. The fourth-order valence-corrected chi connectivity index (χ4v) is 2.74. The number of hydrogen-bond donors (Lipinski definition) is 2. The molecule has 0 aliphatic carbocycles. The quantitative estimate of drug-likeness (QED) is 0.616. The number of hydrogen-bond acceptors (Lipinski definition) is 4. The molecule has 3 N–H and O–H groups in total. The van der Waals surface area contributed by atoms with Gasteiger partial charge in [-0.3, -0.25) is 0 Å². The third-order valence-corrected chi connectivity index (χ3v) is 3.96. The van der Waals surface area contributed by atoms with E-state index in [1.807, 2.05) is 0 Å². The van der Waals surface area contributed by atoms with Crippen LogP contribution in [0.4, 0.5) is 5.69 Å². The fraction of sp³-hybridized carbons (Fsp3) is 0.333. The summed E-state index contributed by atoms with van der Waals surface area (Å²) in [6.45, 7) is 1.80. The van der Waals surface area contributed by atoms with E-state index in [0.29, 0.717) is 12.2 Å². The summed E-state index contributed by atoms with van der Waals surface area (Å²) in [5.74, 6) is 2.86. The molecule has 1 rings (SSSR count). The number of sulfonamides is 1. The molecule has 0 spiro atoms. The number of methoxy groups -OCH3 is 1. The second-order valence-electron chi connectivity index (χ2n) is 3.65. The lowest BCUT2D eigenvalue weighted by Crippen LogP contribution is -2.33. The van der Waals surface area contributed by atoms with Crippen molar-refractivity contribution in [3.63, 3.8) is 0 Å². The minimum atomic E-state index is -3.71. The van der Waals surface area contributed by atoms with Gasteiger partial charge in [0.1, 0.15) is 10.6 Å². The Morgan fingerprint density at radius 3 is 2.67 bits per heavy atom. The Morgan fingerprint density at radius 1 is 1.56 bits per heavy atom. The maximum Gasteiger partial charge on any atom is 0.243 e. The second-order valence-corrected chi connectivity index (χ2v) is 5.33. The molecule has 0 saturated heterocycles. The zero-order valence-corrected chi connectivity index (χ0v) is 11.1. The van der Waals surface area contributed by atoms with Gasteiger partial charge in [-0.15, -0.1) is 6.42 Å². The Labute approximate surface area is 107 Å². The Bertz CT molecular complexity index is 561. The number of nitrogens with one attached hydrogen (secondary N) is 1. The molecule has 0 aliphatic rings. The first-order valence-corrected chi connectivity index (χ1v) is 6.85. The van der Waals surface area contributed by atoms with Crippen LogP contribution in [0.2, 0.25) is 0 Å². The lowest BCUT2D eigenvalue weighted by Gasteiger charge is -2.13. The van der Waals surface area contributed by atoms with E-state index in [1.165, 1.54) is 25.3 Å². The predicted octanol–water partition coefficient (Wildman–Crippen LogP) is 0.968. The summed E-state index contributed by atoms with van der Waals surface area (Å²) >= 11 is 0. The zero-order valence-electron chi connectivity index (χ0n) is 10.3. The van der Waals surface area contributed by atoms with Crippen LogP contribution >= 0.6 is 0 Å². The fourth-order valence-electron chi connectivity index (χ4n) is 1.38. The molecule has 0 fully saturated rings. The second kappa shape index (κ2) is 5.76. The van der Waals surface area contributed by atoms with Crippen molar-refractivity contribution in [2.45, 2.75) is 24.3 Å². The van der Waals surface area contributed by atoms with Gasteiger partial charge in [0, 0.05) is 6.07 Å². The van der Waals surface area contributed by atoms with E-state index >= 15 is 0 Å². The largest absolute Gasteiger partial charge is 0.497 e. The first kappa shape index (κ1) is 14.4. The number of ether oxygens (including phenoxy) is 1. The van der Waals surface area contributed by atoms with Gasteiger partial charge < -0.3 is 10.5 Å².